The maximum Gasteiger partial charge on any atom is 0.140 e. The van der Waals surface area contributed by atoms with Gasteiger partial charge in [0.15, 0.2) is 0 Å². The van der Waals surface area contributed by atoms with Crippen LogP contribution in [0.25, 0.3) is 6.08 Å². The molecule has 0 aliphatic heterocycles. The van der Waals surface area contributed by atoms with Crippen molar-refractivity contribution in [1.82, 2.24) is 0 Å². The first kappa shape index (κ1) is 12.7. The van der Waals surface area contributed by atoms with Crippen molar-refractivity contribution >= 4 is 37.9 Å². The summed E-state index contributed by atoms with van der Waals surface area (Å²) in [6.07, 6.45) is 4.92. The van der Waals surface area contributed by atoms with Crippen molar-refractivity contribution in [3.05, 3.63) is 32.7 Å². The van der Waals surface area contributed by atoms with Crippen LogP contribution in [0.15, 0.2) is 27.2 Å². The van der Waals surface area contributed by atoms with E-state index in [0.717, 1.165) is 26.7 Å². The van der Waals surface area contributed by atoms with Gasteiger partial charge in [-0.25, -0.2) is 0 Å². The average molecular weight is 335 g/mol. The van der Waals surface area contributed by atoms with E-state index in [2.05, 4.69) is 31.9 Å². The number of methoxy groups -OCH3 is 1. The molecule has 0 amide bonds. The van der Waals surface area contributed by atoms with Gasteiger partial charge in [0.05, 0.1) is 11.6 Å². The fraction of sp³-hybridized carbons (Fsp3) is 0.273. The van der Waals surface area contributed by atoms with E-state index in [-0.39, 0.29) is 0 Å². The zero-order chi connectivity index (χ0) is 11.3. The van der Waals surface area contributed by atoms with E-state index in [9.17, 15) is 0 Å². The molecular formula is C11H13Br2NO. The van der Waals surface area contributed by atoms with E-state index in [1.807, 2.05) is 24.3 Å². The van der Waals surface area contributed by atoms with Crippen molar-refractivity contribution in [3.8, 4) is 5.75 Å². The normalized spacial score (nSPS) is 10.9. The lowest BCUT2D eigenvalue weighted by Gasteiger charge is -2.08. The minimum Gasteiger partial charge on any atom is -0.495 e. The summed E-state index contributed by atoms with van der Waals surface area (Å²) < 4.78 is 7.26. The first-order valence-electron chi connectivity index (χ1n) is 4.58. The van der Waals surface area contributed by atoms with Crippen LogP contribution in [0.2, 0.25) is 0 Å². The lowest BCUT2D eigenvalue weighted by molar-refractivity contribution is 0.411. The third-order valence-electron chi connectivity index (χ3n) is 1.87. The van der Waals surface area contributed by atoms with Gasteiger partial charge in [0.25, 0.3) is 0 Å². The maximum atomic E-state index is 5.42. The Morgan fingerprint density at radius 1 is 1.40 bits per heavy atom. The molecule has 1 aromatic carbocycles. The Bertz CT molecular complexity index is 364. The van der Waals surface area contributed by atoms with Crippen molar-refractivity contribution in [2.24, 2.45) is 5.73 Å². The highest BCUT2D eigenvalue weighted by atomic mass is 79.9. The molecule has 0 saturated carbocycles. The van der Waals surface area contributed by atoms with E-state index >= 15 is 0 Å². The van der Waals surface area contributed by atoms with Crippen LogP contribution < -0.4 is 10.5 Å². The summed E-state index contributed by atoms with van der Waals surface area (Å²) in [4.78, 5) is 0. The van der Waals surface area contributed by atoms with Gasteiger partial charge in [-0.1, -0.05) is 28.1 Å². The van der Waals surface area contributed by atoms with Crippen LogP contribution in [0.5, 0.6) is 5.75 Å². The van der Waals surface area contributed by atoms with E-state index in [1.165, 1.54) is 0 Å². The van der Waals surface area contributed by atoms with Crippen LogP contribution in [-0.4, -0.2) is 13.7 Å². The molecule has 15 heavy (non-hydrogen) atoms. The van der Waals surface area contributed by atoms with Gasteiger partial charge in [-0.2, -0.15) is 0 Å². The monoisotopic (exact) mass is 333 g/mol. The summed E-state index contributed by atoms with van der Waals surface area (Å²) in [7, 11) is 1.66. The zero-order valence-electron chi connectivity index (χ0n) is 8.47. The van der Waals surface area contributed by atoms with Crippen LogP contribution in [0, 0.1) is 0 Å². The number of hydrogen-bond acceptors (Lipinski definition) is 2. The molecule has 0 atom stereocenters. The molecule has 0 bridgehead atoms. The van der Waals surface area contributed by atoms with Crippen LogP contribution in [0.3, 0.4) is 0 Å². The number of hydrogen-bond donors (Lipinski definition) is 1. The fourth-order valence-corrected chi connectivity index (χ4v) is 2.65. The number of rotatable bonds is 4. The lowest BCUT2D eigenvalue weighted by Crippen LogP contribution is -1.95. The Morgan fingerprint density at radius 3 is 2.73 bits per heavy atom. The molecule has 1 aromatic rings. The number of ether oxygens (including phenoxy) is 1. The second-order valence-corrected chi connectivity index (χ2v) is 4.76. The minimum atomic E-state index is 0.661. The molecule has 0 fully saturated rings. The van der Waals surface area contributed by atoms with Crippen LogP contribution >= 0.6 is 31.9 Å². The van der Waals surface area contributed by atoms with Crippen molar-refractivity contribution in [2.75, 3.05) is 13.7 Å². The van der Waals surface area contributed by atoms with Gasteiger partial charge in [0.2, 0.25) is 0 Å². The van der Waals surface area contributed by atoms with E-state index in [0.29, 0.717) is 6.54 Å². The largest absolute Gasteiger partial charge is 0.495 e. The number of halogens is 2. The van der Waals surface area contributed by atoms with Gasteiger partial charge in [0.1, 0.15) is 5.75 Å². The maximum absolute atomic E-state index is 5.42. The molecule has 82 valence electrons. The minimum absolute atomic E-state index is 0.661. The average Bonchev–Trinajstić information content (AvgIpc) is 2.17. The third-order valence-corrected chi connectivity index (χ3v) is 2.92. The summed E-state index contributed by atoms with van der Waals surface area (Å²) >= 11 is 6.89. The SMILES string of the molecule is COc1c(Br)cc(Br)cc1C=CCCN. The molecule has 0 spiro atoms. The third kappa shape index (κ3) is 3.63. The quantitative estimate of drug-likeness (QED) is 0.913. The standard InChI is InChI=1S/C11H13Br2NO/c1-15-11-8(4-2-3-5-14)6-9(12)7-10(11)13/h2,4,6-7H,3,5,14H2,1H3. The number of benzene rings is 1. The summed E-state index contributed by atoms with van der Waals surface area (Å²) in [6.45, 7) is 0.661. The smallest absolute Gasteiger partial charge is 0.140 e. The van der Waals surface area contributed by atoms with E-state index in [1.54, 1.807) is 7.11 Å². The van der Waals surface area contributed by atoms with Crippen LogP contribution in [0.1, 0.15) is 12.0 Å². The highest BCUT2D eigenvalue weighted by Crippen LogP contribution is 2.33. The molecular weight excluding hydrogens is 322 g/mol. The highest BCUT2D eigenvalue weighted by Gasteiger charge is 2.06. The first-order valence-corrected chi connectivity index (χ1v) is 6.17. The van der Waals surface area contributed by atoms with Crippen molar-refractivity contribution < 1.29 is 4.74 Å². The molecule has 2 N–H and O–H groups in total. The summed E-state index contributed by atoms with van der Waals surface area (Å²) in [6, 6.07) is 3.97. The van der Waals surface area contributed by atoms with Gasteiger partial charge >= 0.3 is 0 Å². The van der Waals surface area contributed by atoms with E-state index < -0.39 is 0 Å². The predicted molar refractivity (Wildman–Crippen MR) is 71.1 cm³/mol. The van der Waals surface area contributed by atoms with Crippen molar-refractivity contribution in [2.45, 2.75) is 6.42 Å². The second-order valence-electron chi connectivity index (χ2n) is 2.99. The second kappa shape index (κ2) is 6.30. The molecule has 4 heteroatoms. The van der Waals surface area contributed by atoms with Gasteiger partial charge in [-0.3, -0.25) is 0 Å². The first-order chi connectivity index (χ1) is 7.19. The molecule has 0 aliphatic carbocycles. The summed E-state index contributed by atoms with van der Waals surface area (Å²) in [5, 5.41) is 0. The van der Waals surface area contributed by atoms with Gasteiger partial charge in [0, 0.05) is 10.0 Å². The number of nitrogens with two attached hydrogens (primary N) is 1. The molecule has 0 saturated heterocycles. The van der Waals surface area contributed by atoms with Crippen LogP contribution in [-0.2, 0) is 0 Å². The Morgan fingerprint density at radius 2 is 2.13 bits per heavy atom. The molecule has 0 aliphatic rings. The fourth-order valence-electron chi connectivity index (χ4n) is 1.23. The molecule has 0 unspecified atom stereocenters. The lowest BCUT2D eigenvalue weighted by atomic mass is 10.2. The zero-order valence-corrected chi connectivity index (χ0v) is 11.6. The topological polar surface area (TPSA) is 35.2 Å². The summed E-state index contributed by atoms with van der Waals surface area (Å²) in [5.41, 5.74) is 6.46. The van der Waals surface area contributed by atoms with Gasteiger partial charge in [-0.05, 0) is 41.0 Å². The van der Waals surface area contributed by atoms with Gasteiger partial charge in [-0.15, -0.1) is 0 Å². The van der Waals surface area contributed by atoms with Gasteiger partial charge < -0.3 is 10.5 Å². The van der Waals surface area contributed by atoms with Crippen molar-refractivity contribution in [3.63, 3.8) is 0 Å². The molecule has 2 nitrogen and oxygen atoms in total. The van der Waals surface area contributed by atoms with E-state index in [4.69, 9.17) is 10.5 Å². The molecule has 0 aromatic heterocycles. The highest BCUT2D eigenvalue weighted by molar-refractivity contribution is 9.11. The Kier molecular flexibility index (Phi) is 5.36. The summed E-state index contributed by atoms with van der Waals surface area (Å²) in [5.74, 6) is 0.839. The molecule has 1 rings (SSSR count). The van der Waals surface area contributed by atoms with Crippen molar-refractivity contribution in [1.29, 1.82) is 0 Å². The Labute approximate surface area is 107 Å². The Balaban J connectivity index is 3.03. The molecule has 0 heterocycles. The van der Waals surface area contributed by atoms with Crippen LogP contribution in [0.4, 0.5) is 0 Å². The Hall–Kier alpha value is -0.320. The molecule has 0 radical (unpaired) electrons. The predicted octanol–water partition coefficient (Wildman–Crippen LogP) is 3.58.